The van der Waals surface area contributed by atoms with Gasteiger partial charge < -0.3 is 15.4 Å². The topological polar surface area (TPSA) is 50.4 Å². The monoisotopic (exact) mass is 266 g/mol. The Bertz CT molecular complexity index is 328. The number of morpholine rings is 1. The van der Waals surface area contributed by atoms with Crippen molar-refractivity contribution in [1.82, 2.24) is 10.6 Å². The zero-order chi connectivity index (χ0) is 13.2. The fourth-order valence-corrected chi connectivity index (χ4v) is 4.30. The standard InChI is InChI=1S/C15H26N2O2/c1-10(14-7-11-2-3-12(14)6-11)17-15(18)8-13-9-19-5-4-16-13/h10-14,16H,2-9H2,1H3,(H,17,18). The van der Waals surface area contributed by atoms with Gasteiger partial charge in [-0.2, -0.15) is 0 Å². The van der Waals surface area contributed by atoms with E-state index in [9.17, 15) is 4.79 Å². The fraction of sp³-hybridized carbons (Fsp3) is 0.933. The van der Waals surface area contributed by atoms with Gasteiger partial charge in [0.25, 0.3) is 0 Å². The quantitative estimate of drug-likeness (QED) is 0.806. The van der Waals surface area contributed by atoms with Crippen LogP contribution in [0.5, 0.6) is 0 Å². The molecule has 3 fully saturated rings. The van der Waals surface area contributed by atoms with Gasteiger partial charge in [0.2, 0.25) is 5.91 Å². The first-order valence-electron chi connectivity index (χ1n) is 7.83. The molecule has 0 aromatic heterocycles. The lowest BCUT2D eigenvalue weighted by atomic mass is 9.84. The van der Waals surface area contributed by atoms with Crippen molar-refractivity contribution in [2.24, 2.45) is 17.8 Å². The van der Waals surface area contributed by atoms with Gasteiger partial charge in [0, 0.05) is 25.0 Å². The Morgan fingerprint density at radius 3 is 2.95 bits per heavy atom. The zero-order valence-corrected chi connectivity index (χ0v) is 11.9. The van der Waals surface area contributed by atoms with E-state index in [1.54, 1.807) is 0 Å². The second-order valence-corrected chi connectivity index (χ2v) is 6.62. The summed E-state index contributed by atoms with van der Waals surface area (Å²) in [6.07, 6.45) is 6.09. The summed E-state index contributed by atoms with van der Waals surface area (Å²) in [5, 5.41) is 6.55. The van der Waals surface area contributed by atoms with Crippen LogP contribution >= 0.6 is 0 Å². The van der Waals surface area contributed by atoms with Gasteiger partial charge >= 0.3 is 0 Å². The van der Waals surface area contributed by atoms with E-state index in [1.165, 1.54) is 25.7 Å². The van der Waals surface area contributed by atoms with E-state index in [2.05, 4.69) is 17.6 Å². The Kier molecular flexibility index (Phi) is 4.08. The minimum absolute atomic E-state index is 0.179. The first kappa shape index (κ1) is 13.4. The number of ether oxygens (including phenoxy) is 1. The molecule has 0 spiro atoms. The molecule has 1 aliphatic heterocycles. The number of carbonyl (C=O) groups excluding carboxylic acids is 1. The van der Waals surface area contributed by atoms with Gasteiger partial charge in [-0.05, 0) is 43.9 Å². The van der Waals surface area contributed by atoms with Gasteiger partial charge in [0.05, 0.1) is 13.2 Å². The smallest absolute Gasteiger partial charge is 0.221 e. The molecular formula is C15H26N2O2. The molecule has 0 aromatic rings. The van der Waals surface area contributed by atoms with Crippen molar-refractivity contribution in [3.8, 4) is 0 Å². The maximum atomic E-state index is 12.1. The van der Waals surface area contributed by atoms with Crippen molar-refractivity contribution in [3.05, 3.63) is 0 Å². The van der Waals surface area contributed by atoms with Crippen molar-refractivity contribution in [2.75, 3.05) is 19.8 Å². The molecule has 2 N–H and O–H groups in total. The van der Waals surface area contributed by atoms with Gasteiger partial charge in [0.15, 0.2) is 0 Å². The van der Waals surface area contributed by atoms with Crippen LogP contribution in [0, 0.1) is 17.8 Å². The third-order valence-electron chi connectivity index (χ3n) is 5.25. The molecule has 3 aliphatic rings. The van der Waals surface area contributed by atoms with E-state index >= 15 is 0 Å². The van der Waals surface area contributed by atoms with Crippen LogP contribution in [0.25, 0.3) is 0 Å². The number of carbonyl (C=O) groups is 1. The summed E-state index contributed by atoms with van der Waals surface area (Å²) in [5.74, 6) is 2.72. The second-order valence-electron chi connectivity index (χ2n) is 6.62. The predicted molar refractivity (Wildman–Crippen MR) is 73.8 cm³/mol. The number of rotatable bonds is 4. The Labute approximate surface area is 115 Å². The van der Waals surface area contributed by atoms with E-state index in [0.29, 0.717) is 19.1 Å². The fourth-order valence-electron chi connectivity index (χ4n) is 4.30. The van der Waals surface area contributed by atoms with Crippen LogP contribution < -0.4 is 10.6 Å². The van der Waals surface area contributed by atoms with Gasteiger partial charge in [0.1, 0.15) is 0 Å². The Morgan fingerprint density at radius 2 is 2.32 bits per heavy atom. The van der Waals surface area contributed by atoms with Crippen molar-refractivity contribution in [3.63, 3.8) is 0 Å². The minimum Gasteiger partial charge on any atom is -0.378 e. The lowest BCUT2D eigenvalue weighted by Crippen LogP contribution is -2.47. The lowest BCUT2D eigenvalue weighted by Gasteiger charge is -2.29. The summed E-state index contributed by atoms with van der Waals surface area (Å²) in [5.41, 5.74) is 0. The Hall–Kier alpha value is -0.610. The third kappa shape index (κ3) is 3.11. The summed E-state index contributed by atoms with van der Waals surface area (Å²) in [6.45, 7) is 4.48. The molecule has 4 heteroatoms. The largest absolute Gasteiger partial charge is 0.378 e. The van der Waals surface area contributed by atoms with E-state index in [4.69, 9.17) is 4.74 Å². The third-order valence-corrected chi connectivity index (χ3v) is 5.25. The highest BCUT2D eigenvalue weighted by Gasteiger charge is 2.42. The molecule has 0 aromatic carbocycles. The molecule has 2 saturated carbocycles. The first-order chi connectivity index (χ1) is 9.22. The van der Waals surface area contributed by atoms with Crippen LogP contribution in [0.15, 0.2) is 0 Å². The van der Waals surface area contributed by atoms with Gasteiger partial charge in [-0.25, -0.2) is 0 Å². The zero-order valence-electron chi connectivity index (χ0n) is 11.9. The van der Waals surface area contributed by atoms with Crippen LogP contribution in [-0.2, 0) is 9.53 Å². The highest BCUT2D eigenvalue weighted by atomic mass is 16.5. The summed E-state index contributed by atoms with van der Waals surface area (Å²) >= 11 is 0. The number of nitrogens with one attached hydrogen (secondary N) is 2. The first-order valence-corrected chi connectivity index (χ1v) is 7.83. The van der Waals surface area contributed by atoms with Crippen LogP contribution in [-0.4, -0.2) is 37.7 Å². The normalized spacial score (nSPS) is 39.2. The van der Waals surface area contributed by atoms with Crippen LogP contribution in [0.4, 0.5) is 0 Å². The Balaban J connectivity index is 1.43. The molecular weight excluding hydrogens is 240 g/mol. The maximum Gasteiger partial charge on any atom is 0.221 e. The molecule has 108 valence electrons. The van der Waals surface area contributed by atoms with Crippen molar-refractivity contribution < 1.29 is 9.53 Å². The minimum atomic E-state index is 0.179. The molecule has 5 unspecified atom stereocenters. The SMILES string of the molecule is CC(NC(=O)CC1COCCN1)C1CC2CCC1C2. The molecule has 3 rings (SSSR count). The van der Waals surface area contributed by atoms with Crippen LogP contribution in [0.2, 0.25) is 0 Å². The van der Waals surface area contributed by atoms with E-state index in [0.717, 1.165) is 30.9 Å². The van der Waals surface area contributed by atoms with E-state index in [1.807, 2.05) is 0 Å². The number of amides is 1. The molecule has 2 aliphatic carbocycles. The maximum absolute atomic E-state index is 12.1. The molecule has 5 atom stereocenters. The average Bonchev–Trinajstić information content (AvgIpc) is 3.02. The summed E-state index contributed by atoms with van der Waals surface area (Å²) < 4.78 is 5.39. The van der Waals surface area contributed by atoms with Crippen LogP contribution in [0.3, 0.4) is 0 Å². The molecule has 1 amide bonds. The molecule has 19 heavy (non-hydrogen) atoms. The number of hydrogen-bond acceptors (Lipinski definition) is 3. The number of hydrogen-bond donors (Lipinski definition) is 2. The lowest BCUT2D eigenvalue weighted by molar-refractivity contribution is -0.123. The van der Waals surface area contributed by atoms with Crippen LogP contribution in [0.1, 0.15) is 39.0 Å². The van der Waals surface area contributed by atoms with E-state index in [-0.39, 0.29) is 11.9 Å². The highest BCUT2D eigenvalue weighted by Crippen LogP contribution is 2.49. The molecule has 0 radical (unpaired) electrons. The summed E-state index contributed by atoms with van der Waals surface area (Å²) in [4.78, 5) is 12.1. The average molecular weight is 266 g/mol. The molecule has 1 heterocycles. The van der Waals surface area contributed by atoms with Gasteiger partial charge in [-0.3, -0.25) is 4.79 Å². The van der Waals surface area contributed by atoms with E-state index < -0.39 is 0 Å². The summed E-state index contributed by atoms with van der Waals surface area (Å²) in [7, 11) is 0. The second kappa shape index (κ2) is 5.80. The van der Waals surface area contributed by atoms with Gasteiger partial charge in [-0.1, -0.05) is 6.42 Å². The predicted octanol–water partition coefficient (Wildman–Crippen LogP) is 1.31. The molecule has 2 bridgehead atoms. The number of fused-ring (bicyclic) bond motifs is 2. The molecule has 4 nitrogen and oxygen atoms in total. The van der Waals surface area contributed by atoms with Crippen molar-refractivity contribution in [1.29, 1.82) is 0 Å². The highest BCUT2D eigenvalue weighted by molar-refractivity contribution is 5.76. The van der Waals surface area contributed by atoms with Crippen molar-refractivity contribution in [2.45, 2.75) is 51.1 Å². The van der Waals surface area contributed by atoms with Crippen molar-refractivity contribution >= 4 is 5.91 Å². The molecule has 1 saturated heterocycles. The Morgan fingerprint density at radius 1 is 1.42 bits per heavy atom. The van der Waals surface area contributed by atoms with Gasteiger partial charge in [-0.15, -0.1) is 0 Å². The summed E-state index contributed by atoms with van der Waals surface area (Å²) in [6, 6.07) is 0.535.